The summed E-state index contributed by atoms with van der Waals surface area (Å²) in [6, 6.07) is 0. The topological polar surface area (TPSA) is 46.0 Å². The van der Waals surface area contributed by atoms with Crippen molar-refractivity contribution in [3.63, 3.8) is 0 Å². The first kappa shape index (κ1) is 7.68. The van der Waals surface area contributed by atoms with Crippen molar-refractivity contribution in [3.8, 4) is 0 Å². The summed E-state index contributed by atoms with van der Waals surface area (Å²) < 4.78 is 0. The molecule has 3 heteroatoms. The third-order valence-corrected chi connectivity index (χ3v) is 2.29. The summed E-state index contributed by atoms with van der Waals surface area (Å²) in [6.07, 6.45) is 8.67. The Bertz CT molecular complexity index is 256. The number of aromatic nitrogens is 2. The molecule has 12 heavy (non-hydrogen) atoms. The molecule has 3 nitrogen and oxygen atoms in total. The normalized spacial score (nSPS) is 19.1. The van der Waals surface area contributed by atoms with Crippen LogP contribution in [0.2, 0.25) is 0 Å². The van der Waals surface area contributed by atoms with Gasteiger partial charge in [0.1, 0.15) is 0 Å². The Hall–Kier alpha value is -0.960. The highest BCUT2D eigenvalue weighted by Crippen LogP contribution is 2.38. The van der Waals surface area contributed by atoms with Crippen LogP contribution in [0.5, 0.6) is 0 Å². The van der Waals surface area contributed by atoms with Gasteiger partial charge in [0.25, 0.3) is 0 Å². The molecular weight excluding hydrogens is 152 g/mol. The number of nitrogens with zero attached hydrogens (tertiary/aromatic N) is 2. The Morgan fingerprint density at radius 1 is 1.42 bits per heavy atom. The second-order valence-electron chi connectivity index (χ2n) is 3.42. The van der Waals surface area contributed by atoms with Gasteiger partial charge in [0.2, 0.25) is 0 Å². The monoisotopic (exact) mass is 164 g/mol. The SMILES string of the molecule is OC1(CCc2cnccn2)CC1. The lowest BCUT2D eigenvalue weighted by atomic mass is 10.1. The molecule has 0 aliphatic heterocycles. The van der Waals surface area contributed by atoms with Crippen LogP contribution in [0.1, 0.15) is 25.0 Å². The van der Waals surface area contributed by atoms with E-state index >= 15 is 0 Å². The van der Waals surface area contributed by atoms with Crippen LogP contribution in [0.3, 0.4) is 0 Å². The maximum Gasteiger partial charge on any atom is 0.0653 e. The minimum absolute atomic E-state index is 0.364. The first-order valence-corrected chi connectivity index (χ1v) is 4.26. The molecular formula is C9H12N2O. The van der Waals surface area contributed by atoms with Crippen molar-refractivity contribution in [3.05, 3.63) is 24.3 Å². The molecule has 1 aromatic heterocycles. The molecule has 2 rings (SSSR count). The molecule has 1 saturated carbocycles. The molecule has 1 fully saturated rings. The smallest absolute Gasteiger partial charge is 0.0653 e. The molecule has 1 aliphatic rings. The molecule has 0 unspecified atom stereocenters. The zero-order valence-corrected chi connectivity index (χ0v) is 6.90. The molecule has 1 heterocycles. The number of aliphatic hydroxyl groups is 1. The molecule has 0 amide bonds. The van der Waals surface area contributed by atoms with Crippen molar-refractivity contribution < 1.29 is 5.11 Å². The predicted molar refractivity (Wildman–Crippen MR) is 44.5 cm³/mol. The fraction of sp³-hybridized carbons (Fsp3) is 0.556. The largest absolute Gasteiger partial charge is 0.390 e. The molecule has 0 bridgehead atoms. The second kappa shape index (κ2) is 2.83. The Balaban J connectivity index is 1.88. The summed E-state index contributed by atoms with van der Waals surface area (Å²) in [4.78, 5) is 8.10. The van der Waals surface area contributed by atoms with E-state index in [1.54, 1.807) is 18.6 Å². The van der Waals surface area contributed by atoms with E-state index in [2.05, 4.69) is 9.97 Å². The Morgan fingerprint density at radius 3 is 2.83 bits per heavy atom. The van der Waals surface area contributed by atoms with Gasteiger partial charge >= 0.3 is 0 Å². The summed E-state index contributed by atoms with van der Waals surface area (Å²) in [7, 11) is 0. The summed E-state index contributed by atoms with van der Waals surface area (Å²) in [5.41, 5.74) is 0.607. The Morgan fingerprint density at radius 2 is 2.25 bits per heavy atom. The van der Waals surface area contributed by atoms with Gasteiger partial charge in [-0.25, -0.2) is 0 Å². The van der Waals surface area contributed by atoms with Crippen LogP contribution in [0.15, 0.2) is 18.6 Å². The Labute approximate surface area is 71.5 Å². The maximum atomic E-state index is 9.54. The van der Waals surface area contributed by atoms with Gasteiger partial charge in [0.05, 0.1) is 11.3 Å². The summed E-state index contributed by atoms with van der Waals surface area (Å²) in [5, 5.41) is 9.54. The van der Waals surface area contributed by atoms with E-state index in [4.69, 9.17) is 0 Å². The highest BCUT2D eigenvalue weighted by molar-refractivity contribution is 5.00. The summed E-state index contributed by atoms with van der Waals surface area (Å²) >= 11 is 0. The highest BCUT2D eigenvalue weighted by atomic mass is 16.3. The van der Waals surface area contributed by atoms with E-state index in [0.717, 1.165) is 31.4 Å². The van der Waals surface area contributed by atoms with E-state index in [9.17, 15) is 5.11 Å². The number of hydrogen-bond acceptors (Lipinski definition) is 3. The zero-order valence-electron chi connectivity index (χ0n) is 6.90. The third kappa shape index (κ3) is 1.80. The molecule has 0 radical (unpaired) electrons. The van der Waals surface area contributed by atoms with E-state index in [-0.39, 0.29) is 5.60 Å². The third-order valence-electron chi connectivity index (χ3n) is 2.29. The van der Waals surface area contributed by atoms with Gasteiger partial charge in [-0.2, -0.15) is 0 Å². The second-order valence-corrected chi connectivity index (χ2v) is 3.42. The molecule has 1 aromatic rings. The highest BCUT2D eigenvalue weighted by Gasteiger charge is 2.39. The van der Waals surface area contributed by atoms with Crippen molar-refractivity contribution >= 4 is 0 Å². The molecule has 64 valence electrons. The molecule has 0 atom stereocenters. The lowest BCUT2D eigenvalue weighted by molar-refractivity contribution is 0.140. The minimum atomic E-state index is -0.364. The van der Waals surface area contributed by atoms with E-state index in [1.165, 1.54) is 0 Å². The average molecular weight is 164 g/mol. The van der Waals surface area contributed by atoms with Crippen LogP contribution in [-0.4, -0.2) is 20.7 Å². The quantitative estimate of drug-likeness (QED) is 0.723. The van der Waals surface area contributed by atoms with E-state index < -0.39 is 0 Å². The van der Waals surface area contributed by atoms with Gasteiger partial charge in [0, 0.05) is 18.6 Å². The molecule has 1 N–H and O–H groups in total. The van der Waals surface area contributed by atoms with Gasteiger partial charge in [-0.1, -0.05) is 0 Å². The fourth-order valence-corrected chi connectivity index (χ4v) is 1.21. The predicted octanol–water partition coefficient (Wildman–Crippen LogP) is 0.934. The van der Waals surface area contributed by atoms with Crippen molar-refractivity contribution in [1.82, 2.24) is 9.97 Å². The van der Waals surface area contributed by atoms with Crippen molar-refractivity contribution in [2.75, 3.05) is 0 Å². The standard InChI is InChI=1S/C9H12N2O/c12-9(3-4-9)2-1-8-7-10-5-6-11-8/h5-7,12H,1-4H2. The fourth-order valence-electron chi connectivity index (χ4n) is 1.21. The van der Waals surface area contributed by atoms with Gasteiger partial charge < -0.3 is 5.11 Å². The minimum Gasteiger partial charge on any atom is -0.390 e. The average Bonchev–Trinajstić information content (AvgIpc) is 2.84. The summed E-state index contributed by atoms with van der Waals surface area (Å²) in [6.45, 7) is 0. The lowest BCUT2D eigenvalue weighted by Crippen LogP contribution is -2.08. The van der Waals surface area contributed by atoms with Crippen LogP contribution in [0.25, 0.3) is 0 Å². The van der Waals surface area contributed by atoms with E-state index in [1.807, 2.05) is 0 Å². The van der Waals surface area contributed by atoms with Crippen molar-refractivity contribution in [1.29, 1.82) is 0 Å². The van der Waals surface area contributed by atoms with E-state index in [0.29, 0.717) is 0 Å². The molecule has 0 aromatic carbocycles. The number of rotatable bonds is 3. The van der Waals surface area contributed by atoms with Crippen LogP contribution in [0, 0.1) is 0 Å². The first-order valence-electron chi connectivity index (χ1n) is 4.26. The molecule has 1 aliphatic carbocycles. The van der Waals surface area contributed by atoms with Crippen molar-refractivity contribution in [2.24, 2.45) is 0 Å². The lowest BCUT2D eigenvalue weighted by Gasteiger charge is -2.05. The van der Waals surface area contributed by atoms with Crippen LogP contribution in [0.4, 0.5) is 0 Å². The number of hydrogen-bond donors (Lipinski definition) is 1. The Kier molecular flexibility index (Phi) is 1.81. The molecule has 0 saturated heterocycles. The van der Waals surface area contributed by atoms with Crippen LogP contribution >= 0.6 is 0 Å². The summed E-state index contributed by atoms with van der Waals surface area (Å²) in [5.74, 6) is 0. The van der Waals surface area contributed by atoms with Crippen molar-refractivity contribution in [2.45, 2.75) is 31.3 Å². The van der Waals surface area contributed by atoms with Gasteiger partial charge in [-0.05, 0) is 25.7 Å². The van der Waals surface area contributed by atoms with Gasteiger partial charge in [-0.3, -0.25) is 9.97 Å². The maximum absolute atomic E-state index is 9.54. The first-order chi connectivity index (χ1) is 5.79. The van der Waals surface area contributed by atoms with Crippen LogP contribution in [-0.2, 0) is 6.42 Å². The van der Waals surface area contributed by atoms with Crippen LogP contribution < -0.4 is 0 Å². The number of aryl methyl sites for hydroxylation is 1. The van der Waals surface area contributed by atoms with Gasteiger partial charge in [-0.15, -0.1) is 0 Å². The zero-order chi connectivity index (χ0) is 8.44. The molecule has 0 spiro atoms. The van der Waals surface area contributed by atoms with Gasteiger partial charge in [0.15, 0.2) is 0 Å².